The molecule has 0 aromatic carbocycles. The highest BCUT2D eigenvalue weighted by Gasteiger charge is 2.45. The van der Waals surface area contributed by atoms with Crippen LogP contribution in [0.3, 0.4) is 0 Å². The summed E-state index contributed by atoms with van der Waals surface area (Å²) >= 11 is 0. The lowest BCUT2D eigenvalue weighted by Gasteiger charge is -2.39. The first kappa shape index (κ1) is 22.3. The molecule has 1 aromatic heterocycles. The maximum atomic E-state index is 12.2. The molecule has 1 aliphatic heterocycles. The van der Waals surface area contributed by atoms with Crippen LogP contribution in [0.4, 0.5) is 4.79 Å². The number of amides is 2. The Balaban J connectivity index is 2.33. The number of ether oxygens (including phenoxy) is 1. The minimum Gasteiger partial charge on any atom is -0.411 e. The number of hydrogen-bond acceptors (Lipinski definition) is 6. The molecule has 4 N–H and O–H groups in total. The molecule has 2 heterocycles. The highest BCUT2D eigenvalue weighted by molar-refractivity contribution is 6.74. The number of rotatable bonds is 5. The van der Waals surface area contributed by atoms with Crippen molar-refractivity contribution in [1.82, 2.24) is 14.6 Å². The minimum absolute atomic E-state index is 0.0658. The summed E-state index contributed by atoms with van der Waals surface area (Å²) in [7, 11) is -2.20. The fraction of sp³-hybridized carbons (Fsp3) is 0.706. The van der Waals surface area contributed by atoms with Gasteiger partial charge in [-0.25, -0.2) is 14.7 Å². The van der Waals surface area contributed by atoms with Gasteiger partial charge in [-0.15, -0.1) is 0 Å². The van der Waals surface area contributed by atoms with Gasteiger partial charge in [-0.3, -0.25) is 19.6 Å². The number of aromatic amines is 1. The van der Waals surface area contributed by atoms with Crippen LogP contribution in [0, 0.1) is 6.92 Å². The minimum atomic E-state index is -2.20. The average molecular weight is 415 g/mol. The Kier molecular flexibility index (Phi) is 6.24. The zero-order chi connectivity index (χ0) is 21.4. The van der Waals surface area contributed by atoms with Crippen LogP contribution < -0.4 is 17.0 Å². The van der Waals surface area contributed by atoms with Gasteiger partial charge < -0.3 is 14.9 Å². The second-order valence-corrected chi connectivity index (χ2v) is 13.4. The number of nitrogens with one attached hydrogen (secondary N) is 1. The van der Waals surface area contributed by atoms with Gasteiger partial charge in [-0.1, -0.05) is 20.8 Å². The van der Waals surface area contributed by atoms with Crippen molar-refractivity contribution in [1.29, 1.82) is 0 Å². The molecule has 2 amide bonds. The first-order valence-corrected chi connectivity index (χ1v) is 12.0. The second-order valence-electron chi connectivity index (χ2n) is 8.68. The molecule has 0 spiro atoms. The highest BCUT2D eigenvalue weighted by atomic mass is 28.4. The Bertz CT molecular complexity index is 843. The highest BCUT2D eigenvalue weighted by Crippen LogP contribution is 2.41. The van der Waals surface area contributed by atoms with Crippen LogP contribution in [0.1, 0.15) is 39.0 Å². The average Bonchev–Trinajstić information content (AvgIpc) is 2.91. The molecule has 3 atom stereocenters. The van der Waals surface area contributed by atoms with Crippen LogP contribution in [0.15, 0.2) is 15.8 Å². The van der Waals surface area contributed by atoms with Gasteiger partial charge >= 0.3 is 11.7 Å². The van der Waals surface area contributed by atoms with Crippen LogP contribution in [0.25, 0.3) is 0 Å². The number of aryl methyl sites for hydroxylation is 1. The molecule has 2 rings (SSSR count). The topological polar surface area (TPSA) is 140 Å². The van der Waals surface area contributed by atoms with Gasteiger partial charge in [0.25, 0.3) is 5.56 Å². The Morgan fingerprint density at radius 1 is 1.46 bits per heavy atom. The third-order valence-electron chi connectivity index (χ3n) is 5.50. The van der Waals surface area contributed by atoms with Crippen molar-refractivity contribution in [2.45, 2.75) is 70.7 Å². The van der Waals surface area contributed by atoms with Crippen molar-refractivity contribution in [3.05, 3.63) is 32.6 Å². The molecule has 1 aliphatic rings. The summed E-state index contributed by atoms with van der Waals surface area (Å²) in [4.78, 5) is 37.4. The van der Waals surface area contributed by atoms with Crippen molar-refractivity contribution in [2.24, 2.45) is 5.73 Å². The van der Waals surface area contributed by atoms with Gasteiger partial charge in [0, 0.05) is 18.2 Å². The Hall–Kier alpha value is -1.95. The molecule has 10 nitrogen and oxygen atoms in total. The summed E-state index contributed by atoms with van der Waals surface area (Å²) in [6, 6.07) is -1.00. The summed E-state index contributed by atoms with van der Waals surface area (Å²) in [5, 5.41) is 10.1. The SMILES string of the molecule is Cc1cn([C@H]2C[C@H](O[Si](C)(C)C(C)(C)C)[C@@H](CN(O)C(N)=O)O2)c(=O)[nH]c1=O. The van der Waals surface area contributed by atoms with Crippen molar-refractivity contribution >= 4 is 14.3 Å². The molecule has 1 saturated heterocycles. The monoisotopic (exact) mass is 414 g/mol. The van der Waals surface area contributed by atoms with Crippen LogP contribution in [0.2, 0.25) is 18.1 Å². The number of primary amides is 1. The smallest absolute Gasteiger partial charge is 0.338 e. The first-order chi connectivity index (χ1) is 12.7. The van der Waals surface area contributed by atoms with E-state index in [4.69, 9.17) is 14.9 Å². The number of hydroxylamine groups is 2. The molecule has 0 saturated carbocycles. The number of nitrogens with two attached hydrogens (primary N) is 1. The Morgan fingerprint density at radius 2 is 2.07 bits per heavy atom. The summed E-state index contributed by atoms with van der Waals surface area (Å²) in [6.07, 6.45) is -0.0868. The lowest BCUT2D eigenvalue weighted by Crippen LogP contribution is -2.48. The van der Waals surface area contributed by atoms with Crippen LogP contribution in [-0.2, 0) is 9.16 Å². The summed E-state index contributed by atoms with van der Waals surface area (Å²) in [5.41, 5.74) is 4.43. The fourth-order valence-corrected chi connectivity index (χ4v) is 4.13. The molecular weight excluding hydrogens is 384 g/mol. The fourth-order valence-electron chi connectivity index (χ4n) is 2.77. The zero-order valence-corrected chi connectivity index (χ0v) is 18.2. The van der Waals surface area contributed by atoms with E-state index in [0.717, 1.165) is 0 Å². The van der Waals surface area contributed by atoms with Gasteiger partial charge in [0.15, 0.2) is 8.32 Å². The van der Waals surface area contributed by atoms with E-state index in [-0.39, 0.29) is 11.6 Å². The number of nitrogens with zero attached hydrogens (tertiary/aromatic N) is 2. The molecular formula is C17H30N4O6Si. The van der Waals surface area contributed by atoms with Crippen molar-refractivity contribution < 1.29 is 19.2 Å². The van der Waals surface area contributed by atoms with Gasteiger partial charge in [0.2, 0.25) is 0 Å². The number of carbonyl (C=O) groups excluding carboxylic acids is 1. The largest absolute Gasteiger partial charge is 0.411 e. The normalized spacial score (nSPS) is 23.0. The van der Waals surface area contributed by atoms with E-state index in [2.05, 4.69) is 38.8 Å². The number of hydrogen-bond donors (Lipinski definition) is 3. The van der Waals surface area contributed by atoms with Gasteiger partial charge in [-0.2, -0.15) is 0 Å². The van der Waals surface area contributed by atoms with E-state index >= 15 is 0 Å². The summed E-state index contributed by atoms with van der Waals surface area (Å²) in [6.45, 7) is 11.9. The lowest BCUT2D eigenvalue weighted by molar-refractivity contribution is -0.0996. The molecule has 0 radical (unpaired) electrons. The van der Waals surface area contributed by atoms with Gasteiger partial charge in [0.05, 0.1) is 12.6 Å². The molecule has 0 bridgehead atoms. The second kappa shape index (κ2) is 7.82. The molecule has 158 valence electrons. The Morgan fingerprint density at radius 3 is 2.61 bits per heavy atom. The van der Waals surface area contributed by atoms with Crippen molar-refractivity contribution in [3.63, 3.8) is 0 Å². The van der Waals surface area contributed by atoms with Gasteiger partial charge in [0.1, 0.15) is 12.3 Å². The molecule has 0 aliphatic carbocycles. The van der Waals surface area contributed by atoms with E-state index in [1.165, 1.54) is 10.8 Å². The number of carbonyl (C=O) groups is 1. The van der Waals surface area contributed by atoms with Crippen molar-refractivity contribution in [2.75, 3.05) is 6.54 Å². The molecule has 1 aromatic rings. The van der Waals surface area contributed by atoms with Gasteiger partial charge in [-0.05, 0) is 25.1 Å². The predicted molar refractivity (Wildman–Crippen MR) is 105 cm³/mol. The first-order valence-electron chi connectivity index (χ1n) is 9.14. The standard InChI is InChI=1S/C17H30N4O6Si/c1-10-8-20(16(24)19-14(10)22)13-7-11(27-28(5,6)17(2,3)4)12(26-13)9-21(25)15(18)23/h8,11-13,25H,7,9H2,1-6H3,(H2,18,23)(H,19,22,24)/t11-,12+,13+/m0/s1. The lowest BCUT2D eigenvalue weighted by atomic mass is 10.2. The van der Waals surface area contributed by atoms with E-state index in [0.29, 0.717) is 17.0 Å². The van der Waals surface area contributed by atoms with E-state index in [9.17, 15) is 19.6 Å². The molecule has 1 fully saturated rings. The molecule has 0 unspecified atom stereocenters. The van der Waals surface area contributed by atoms with Crippen LogP contribution >= 0.6 is 0 Å². The van der Waals surface area contributed by atoms with Crippen LogP contribution in [-0.4, -0.2) is 52.9 Å². The number of aromatic nitrogens is 2. The molecule has 28 heavy (non-hydrogen) atoms. The molecule has 11 heteroatoms. The van der Waals surface area contributed by atoms with Crippen LogP contribution in [0.5, 0.6) is 0 Å². The number of H-pyrrole nitrogens is 1. The van der Waals surface area contributed by atoms with E-state index < -0.39 is 44.0 Å². The third-order valence-corrected chi connectivity index (χ3v) is 10.0. The third kappa shape index (κ3) is 4.72. The summed E-state index contributed by atoms with van der Waals surface area (Å²) in [5.74, 6) is 0. The maximum absolute atomic E-state index is 12.2. The van der Waals surface area contributed by atoms with E-state index in [1.807, 2.05) is 0 Å². The quantitative estimate of drug-likeness (QED) is 0.377. The van der Waals surface area contributed by atoms with Crippen molar-refractivity contribution in [3.8, 4) is 0 Å². The predicted octanol–water partition coefficient (Wildman–Crippen LogP) is 1.29. The zero-order valence-electron chi connectivity index (χ0n) is 17.2. The number of urea groups is 1. The maximum Gasteiger partial charge on any atom is 0.338 e. The Labute approximate surface area is 164 Å². The summed E-state index contributed by atoms with van der Waals surface area (Å²) < 4.78 is 13.7. The van der Waals surface area contributed by atoms with E-state index in [1.54, 1.807) is 6.92 Å².